The Kier molecular flexibility index (Phi) is 5.94. The van der Waals surface area contributed by atoms with Crippen molar-refractivity contribution in [1.29, 1.82) is 0 Å². The Hall–Kier alpha value is -1.02. The second-order valence-corrected chi connectivity index (χ2v) is 4.26. The average molecular weight is 221 g/mol. The highest BCUT2D eigenvalue weighted by Gasteiger charge is 2.07. The predicted octanol–water partition coefficient (Wildman–Crippen LogP) is 3.99. The van der Waals surface area contributed by atoms with Gasteiger partial charge in [-0.15, -0.1) is 6.58 Å². The van der Waals surface area contributed by atoms with Gasteiger partial charge in [0.15, 0.2) is 0 Å². The van der Waals surface area contributed by atoms with E-state index in [1.807, 2.05) is 25.1 Å². The minimum atomic E-state index is 0.313. The smallest absolute Gasteiger partial charge is 0.120 e. The van der Waals surface area contributed by atoms with Crippen molar-refractivity contribution in [2.45, 2.75) is 45.6 Å². The van der Waals surface area contributed by atoms with Gasteiger partial charge in [0.1, 0.15) is 11.5 Å². The molecular formula is C14H23NO. The maximum atomic E-state index is 5.57. The van der Waals surface area contributed by atoms with Gasteiger partial charge in [0.2, 0.25) is 0 Å². The molecule has 1 aromatic rings. The van der Waals surface area contributed by atoms with Crippen LogP contribution in [0, 0.1) is 6.92 Å². The normalized spacial score (nSPS) is 12.6. The van der Waals surface area contributed by atoms with Crippen LogP contribution in [0.4, 0.5) is 0 Å². The number of allylic oxidation sites excluding steroid dienone is 1. The van der Waals surface area contributed by atoms with Gasteiger partial charge in [-0.25, -0.2) is 0 Å². The maximum absolute atomic E-state index is 5.57. The van der Waals surface area contributed by atoms with Gasteiger partial charge in [-0.2, -0.15) is 0 Å². The maximum Gasteiger partial charge on any atom is 0.120 e. The molecule has 16 heavy (non-hydrogen) atoms. The van der Waals surface area contributed by atoms with E-state index < -0.39 is 0 Å². The Balaban J connectivity index is 2.11. The Bertz CT molecular complexity index is 303. The summed E-state index contributed by atoms with van der Waals surface area (Å²) in [5, 5.41) is 3.47. The monoisotopic (exact) mass is 221 g/mol. The summed E-state index contributed by atoms with van der Waals surface area (Å²) in [7, 11) is 0. The van der Waals surface area contributed by atoms with Crippen LogP contribution < -0.4 is 5.32 Å². The van der Waals surface area contributed by atoms with Gasteiger partial charge in [-0.05, 0) is 51.8 Å². The Morgan fingerprint density at radius 1 is 1.38 bits per heavy atom. The molecular weight excluding hydrogens is 198 g/mol. The summed E-state index contributed by atoms with van der Waals surface area (Å²) in [5.41, 5.74) is 0. The molecule has 1 atom stereocenters. The molecule has 0 bridgehead atoms. The molecule has 1 rings (SSSR count). The molecule has 0 saturated heterocycles. The van der Waals surface area contributed by atoms with Crippen LogP contribution in [0.15, 0.2) is 29.2 Å². The molecule has 0 aliphatic heterocycles. The van der Waals surface area contributed by atoms with Gasteiger partial charge < -0.3 is 9.73 Å². The molecule has 0 radical (unpaired) electrons. The van der Waals surface area contributed by atoms with Gasteiger partial charge in [-0.3, -0.25) is 0 Å². The quantitative estimate of drug-likeness (QED) is 0.530. The molecule has 0 spiro atoms. The number of aryl methyl sites for hydroxylation is 1. The van der Waals surface area contributed by atoms with Crippen molar-refractivity contribution >= 4 is 0 Å². The molecule has 0 aliphatic carbocycles. The van der Waals surface area contributed by atoms with Crippen molar-refractivity contribution < 1.29 is 4.42 Å². The lowest BCUT2D eigenvalue weighted by atomic mass is 10.2. The van der Waals surface area contributed by atoms with Gasteiger partial charge in [0.25, 0.3) is 0 Å². The number of rotatable bonds is 8. The van der Waals surface area contributed by atoms with Gasteiger partial charge in [0.05, 0.1) is 6.04 Å². The van der Waals surface area contributed by atoms with E-state index in [-0.39, 0.29) is 0 Å². The van der Waals surface area contributed by atoms with E-state index in [4.69, 9.17) is 4.42 Å². The summed E-state index contributed by atoms with van der Waals surface area (Å²) < 4.78 is 5.57. The lowest BCUT2D eigenvalue weighted by Crippen LogP contribution is -2.19. The molecule has 0 saturated carbocycles. The fourth-order valence-corrected chi connectivity index (χ4v) is 1.70. The topological polar surface area (TPSA) is 25.2 Å². The van der Waals surface area contributed by atoms with E-state index in [1.54, 1.807) is 0 Å². The molecule has 0 aliphatic rings. The predicted molar refractivity (Wildman–Crippen MR) is 68.5 cm³/mol. The van der Waals surface area contributed by atoms with Crippen LogP contribution in [0.2, 0.25) is 0 Å². The minimum absolute atomic E-state index is 0.313. The first-order valence-corrected chi connectivity index (χ1v) is 6.14. The second kappa shape index (κ2) is 7.29. The zero-order valence-corrected chi connectivity index (χ0v) is 10.5. The van der Waals surface area contributed by atoms with Crippen molar-refractivity contribution in [3.63, 3.8) is 0 Å². The first-order chi connectivity index (χ1) is 7.74. The van der Waals surface area contributed by atoms with E-state index in [2.05, 4.69) is 18.8 Å². The molecule has 0 amide bonds. The minimum Gasteiger partial charge on any atom is -0.465 e. The number of hydrogen-bond donors (Lipinski definition) is 1. The van der Waals surface area contributed by atoms with Crippen LogP contribution in [0.25, 0.3) is 0 Å². The lowest BCUT2D eigenvalue weighted by molar-refractivity contribution is 0.413. The highest BCUT2D eigenvalue weighted by Crippen LogP contribution is 2.15. The molecule has 2 heteroatoms. The van der Waals surface area contributed by atoms with Crippen molar-refractivity contribution in [3.8, 4) is 0 Å². The molecule has 1 heterocycles. The summed E-state index contributed by atoms with van der Waals surface area (Å²) >= 11 is 0. The third-order valence-electron chi connectivity index (χ3n) is 2.72. The van der Waals surface area contributed by atoms with Crippen molar-refractivity contribution in [2.75, 3.05) is 6.54 Å². The van der Waals surface area contributed by atoms with E-state index >= 15 is 0 Å². The summed E-state index contributed by atoms with van der Waals surface area (Å²) in [5.74, 6) is 2.01. The van der Waals surface area contributed by atoms with E-state index in [1.165, 1.54) is 19.3 Å². The first kappa shape index (κ1) is 13.0. The zero-order valence-electron chi connectivity index (χ0n) is 10.5. The van der Waals surface area contributed by atoms with E-state index in [0.717, 1.165) is 24.5 Å². The summed E-state index contributed by atoms with van der Waals surface area (Å²) in [6.45, 7) is 8.89. The largest absolute Gasteiger partial charge is 0.465 e. The Labute approximate surface area is 98.7 Å². The average Bonchev–Trinajstić information content (AvgIpc) is 2.70. The number of unbranched alkanes of at least 4 members (excludes halogenated alkanes) is 3. The zero-order chi connectivity index (χ0) is 11.8. The molecule has 0 aromatic carbocycles. The van der Waals surface area contributed by atoms with Crippen LogP contribution in [0.5, 0.6) is 0 Å². The van der Waals surface area contributed by atoms with Crippen LogP contribution in [-0.4, -0.2) is 6.54 Å². The summed E-state index contributed by atoms with van der Waals surface area (Å²) in [4.78, 5) is 0. The third kappa shape index (κ3) is 4.67. The number of furan rings is 1. The van der Waals surface area contributed by atoms with Crippen LogP contribution >= 0.6 is 0 Å². The summed E-state index contributed by atoms with van der Waals surface area (Å²) in [6, 6.07) is 4.37. The molecule has 2 nitrogen and oxygen atoms in total. The molecule has 1 aromatic heterocycles. The van der Waals surface area contributed by atoms with Crippen LogP contribution in [0.1, 0.15) is 50.2 Å². The van der Waals surface area contributed by atoms with Crippen molar-refractivity contribution in [2.24, 2.45) is 0 Å². The van der Waals surface area contributed by atoms with Crippen LogP contribution in [-0.2, 0) is 0 Å². The van der Waals surface area contributed by atoms with Crippen molar-refractivity contribution in [1.82, 2.24) is 5.32 Å². The first-order valence-electron chi connectivity index (χ1n) is 6.14. The molecule has 0 fully saturated rings. The fraction of sp³-hybridized carbons (Fsp3) is 0.571. The number of nitrogens with one attached hydrogen (secondary N) is 1. The van der Waals surface area contributed by atoms with Gasteiger partial charge >= 0.3 is 0 Å². The Morgan fingerprint density at radius 3 is 2.81 bits per heavy atom. The van der Waals surface area contributed by atoms with E-state index in [0.29, 0.717) is 6.04 Å². The standard InChI is InChI=1S/C14H23NO/c1-4-5-6-7-8-11-15-13(3)14-10-9-12(2)16-14/h4,9-10,13,15H,1,5-8,11H2,2-3H3. The van der Waals surface area contributed by atoms with Gasteiger partial charge in [0, 0.05) is 0 Å². The van der Waals surface area contributed by atoms with Crippen LogP contribution in [0.3, 0.4) is 0 Å². The SMILES string of the molecule is C=CCCCCCNC(C)c1ccc(C)o1. The molecule has 1 N–H and O–H groups in total. The van der Waals surface area contributed by atoms with Gasteiger partial charge in [-0.1, -0.05) is 12.5 Å². The Morgan fingerprint density at radius 2 is 2.19 bits per heavy atom. The summed E-state index contributed by atoms with van der Waals surface area (Å²) in [6.07, 6.45) is 6.86. The molecule has 1 unspecified atom stereocenters. The van der Waals surface area contributed by atoms with Crippen molar-refractivity contribution in [3.05, 3.63) is 36.3 Å². The third-order valence-corrected chi connectivity index (χ3v) is 2.72. The number of hydrogen-bond acceptors (Lipinski definition) is 2. The lowest BCUT2D eigenvalue weighted by Gasteiger charge is -2.10. The highest BCUT2D eigenvalue weighted by atomic mass is 16.3. The second-order valence-electron chi connectivity index (χ2n) is 4.26. The fourth-order valence-electron chi connectivity index (χ4n) is 1.70. The highest BCUT2D eigenvalue weighted by molar-refractivity contribution is 5.08. The molecule has 90 valence electrons. The van der Waals surface area contributed by atoms with E-state index in [9.17, 15) is 0 Å².